The number of anilines is 1. The number of nitrogens with one attached hydrogen (secondary N) is 1. The van der Waals surface area contributed by atoms with E-state index in [1.807, 2.05) is 0 Å². The number of hydrogen-bond donors (Lipinski definition) is 2. The number of piperidine rings is 1. The molecule has 0 amide bonds. The Balaban J connectivity index is 1.36. The zero-order valence-corrected chi connectivity index (χ0v) is 21.2. The van der Waals surface area contributed by atoms with Crippen LogP contribution in [0.2, 0.25) is 0 Å². The lowest BCUT2D eigenvalue weighted by Crippen LogP contribution is -2.44. The third-order valence-electron chi connectivity index (χ3n) is 7.84. The second kappa shape index (κ2) is 11.2. The van der Waals surface area contributed by atoms with Crippen molar-refractivity contribution in [2.45, 2.75) is 94.7 Å². The predicted octanol–water partition coefficient (Wildman–Crippen LogP) is 4.43. The van der Waals surface area contributed by atoms with E-state index in [1.54, 1.807) is 12.4 Å². The summed E-state index contributed by atoms with van der Waals surface area (Å²) in [5.74, 6) is 0.789. The fourth-order valence-corrected chi connectivity index (χ4v) is 5.81. The minimum absolute atomic E-state index is 0.0227. The fraction of sp³-hybridized carbons (Fsp3) is 0.731. The summed E-state index contributed by atoms with van der Waals surface area (Å²) in [6, 6.07) is -0.369. The van der Waals surface area contributed by atoms with Gasteiger partial charge in [-0.3, -0.25) is 4.90 Å². The molecule has 0 bridgehead atoms. The molecule has 3 aliphatic rings. The third-order valence-corrected chi connectivity index (χ3v) is 7.84. The first-order chi connectivity index (χ1) is 17.7. The smallest absolute Gasteiger partial charge is 0.391 e. The molecule has 0 spiro atoms. The van der Waals surface area contributed by atoms with Gasteiger partial charge in [-0.2, -0.15) is 13.2 Å². The third kappa shape index (κ3) is 6.61. The van der Waals surface area contributed by atoms with E-state index in [1.165, 1.54) is 6.92 Å². The Hall–Kier alpha value is -2.24. The van der Waals surface area contributed by atoms with Crippen LogP contribution in [0.5, 0.6) is 5.88 Å². The van der Waals surface area contributed by atoms with Crippen molar-refractivity contribution in [3.63, 3.8) is 0 Å². The molecule has 2 atom stereocenters. The number of likely N-dealkylation sites (tertiary alicyclic amines) is 1. The first-order valence-corrected chi connectivity index (χ1v) is 13.4. The number of alkyl halides is 3. The number of ether oxygens (including phenoxy) is 2. The number of fused-ring (bicyclic) bond motifs is 1. The highest BCUT2D eigenvalue weighted by Gasteiger charge is 2.32. The average molecular weight is 524 g/mol. The summed E-state index contributed by atoms with van der Waals surface area (Å²) in [5, 5.41) is 13.4. The SMILES string of the molecule is C[C@@H](CC(F)(F)F)Nc1ncc2c(OC3CCN([C@@H]4CCOC4)CC3)ncc(C3CCC(O)CC3)c2n1. The summed E-state index contributed by atoms with van der Waals surface area (Å²) in [7, 11) is 0. The molecule has 0 unspecified atom stereocenters. The lowest BCUT2D eigenvalue weighted by molar-refractivity contribution is -0.136. The molecule has 2 aliphatic heterocycles. The second-order valence-electron chi connectivity index (χ2n) is 10.7. The summed E-state index contributed by atoms with van der Waals surface area (Å²) in [6.07, 6.45) is 3.74. The van der Waals surface area contributed by atoms with Crippen LogP contribution in [0.15, 0.2) is 12.4 Å². The highest BCUT2D eigenvalue weighted by molar-refractivity contribution is 5.86. The van der Waals surface area contributed by atoms with Crippen molar-refractivity contribution >= 4 is 16.9 Å². The molecule has 2 aromatic heterocycles. The van der Waals surface area contributed by atoms with Gasteiger partial charge in [-0.05, 0) is 57.8 Å². The Labute approximate surface area is 215 Å². The van der Waals surface area contributed by atoms with Gasteiger partial charge in [0.1, 0.15) is 6.10 Å². The van der Waals surface area contributed by atoms with Gasteiger partial charge >= 0.3 is 6.18 Å². The van der Waals surface area contributed by atoms with Crippen molar-refractivity contribution in [2.24, 2.45) is 0 Å². The molecule has 1 saturated carbocycles. The molecular weight excluding hydrogens is 487 g/mol. The normalized spacial score (nSPS) is 26.9. The van der Waals surface area contributed by atoms with Crippen LogP contribution in [0, 0.1) is 0 Å². The van der Waals surface area contributed by atoms with Crippen LogP contribution in [0.3, 0.4) is 0 Å². The maximum Gasteiger partial charge on any atom is 0.391 e. The Morgan fingerprint density at radius 3 is 2.54 bits per heavy atom. The van der Waals surface area contributed by atoms with Crippen molar-refractivity contribution in [3.05, 3.63) is 18.0 Å². The Kier molecular flexibility index (Phi) is 8.02. The minimum atomic E-state index is -4.28. The molecule has 2 saturated heterocycles. The molecule has 37 heavy (non-hydrogen) atoms. The Bertz CT molecular complexity index is 1050. The zero-order valence-electron chi connectivity index (χ0n) is 21.2. The van der Waals surface area contributed by atoms with E-state index in [9.17, 15) is 18.3 Å². The van der Waals surface area contributed by atoms with Crippen molar-refractivity contribution < 1.29 is 27.8 Å². The van der Waals surface area contributed by atoms with E-state index in [4.69, 9.17) is 9.47 Å². The molecule has 2 N–H and O–H groups in total. The van der Waals surface area contributed by atoms with Crippen molar-refractivity contribution in [2.75, 3.05) is 31.6 Å². The molecule has 8 nitrogen and oxygen atoms in total. The number of hydrogen-bond acceptors (Lipinski definition) is 8. The summed E-state index contributed by atoms with van der Waals surface area (Å²) in [4.78, 5) is 16.1. The van der Waals surface area contributed by atoms with E-state index >= 15 is 0 Å². The molecule has 3 fully saturated rings. The number of halogens is 3. The first-order valence-electron chi connectivity index (χ1n) is 13.4. The summed E-state index contributed by atoms with van der Waals surface area (Å²) < 4.78 is 50.5. The van der Waals surface area contributed by atoms with Crippen molar-refractivity contribution in [1.29, 1.82) is 0 Å². The Morgan fingerprint density at radius 1 is 1.11 bits per heavy atom. The number of aromatic nitrogens is 3. The van der Waals surface area contributed by atoms with Crippen LogP contribution >= 0.6 is 0 Å². The van der Waals surface area contributed by atoms with E-state index in [2.05, 4.69) is 25.2 Å². The Morgan fingerprint density at radius 2 is 1.86 bits per heavy atom. The quantitative estimate of drug-likeness (QED) is 0.551. The second-order valence-corrected chi connectivity index (χ2v) is 10.7. The lowest BCUT2D eigenvalue weighted by Gasteiger charge is -2.35. The topological polar surface area (TPSA) is 92.6 Å². The van der Waals surface area contributed by atoms with E-state index in [-0.39, 0.29) is 24.1 Å². The predicted molar refractivity (Wildman–Crippen MR) is 133 cm³/mol. The molecule has 11 heteroatoms. The van der Waals surface area contributed by atoms with Gasteiger partial charge in [-0.1, -0.05) is 0 Å². The zero-order chi connectivity index (χ0) is 26.0. The molecule has 5 rings (SSSR count). The van der Waals surface area contributed by atoms with Crippen molar-refractivity contribution in [1.82, 2.24) is 19.9 Å². The molecule has 0 radical (unpaired) electrons. The van der Waals surface area contributed by atoms with Crippen LogP contribution in [-0.2, 0) is 4.74 Å². The van der Waals surface area contributed by atoms with Gasteiger partial charge in [0, 0.05) is 49.7 Å². The average Bonchev–Trinajstić information content (AvgIpc) is 3.39. The van der Waals surface area contributed by atoms with Crippen LogP contribution in [-0.4, -0.2) is 81.7 Å². The molecule has 0 aromatic carbocycles. The number of aliphatic hydroxyl groups is 1. The highest BCUT2D eigenvalue weighted by Crippen LogP contribution is 2.38. The standard InChI is InChI=1S/C26H36F3N5O3/c1-16(12-26(27,28)29)32-25-31-14-22-23(33-25)21(17-2-4-19(35)5-3-17)13-30-24(22)37-20-6-9-34(10-7-20)18-8-11-36-15-18/h13-14,16-20,35H,2-12,15H2,1H3,(H,31,32,33)/t16-,17?,18+,19?/m0/s1. The number of nitrogens with zero attached hydrogens (tertiary/aromatic N) is 4. The highest BCUT2D eigenvalue weighted by atomic mass is 19.4. The van der Waals surface area contributed by atoms with Gasteiger partial charge < -0.3 is 19.9 Å². The largest absolute Gasteiger partial charge is 0.474 e. The van der Waals surface area contributed by atoms with E-state index in [0.717, 1.165) is 64.0 Å². The number of pyridine rings is 1. The van der Waals surface area contributed by atoms with Crippen molar-refractivity contribution in [3.8, 4) is 5.88 Å². The van der Waals surface area contributed by atoms with Gasteiger partial charge in [-0.25, -0.2) is 15.0 Å². The number of rotatable bonds is 7. The molecular formula is C26H36F3N5O3. The summed E-state index contributed by atoms with van der Waals surface area (Å²) in [6.45, 7) is 4.99. The summed E-state index contributed by atoms with van der Waals surface area (Å²) >= 11 is 0. The molecule has 4 heterocycles. The van der Waals surface area contributed by atoms with Crippen LogP contribution in [0.4, 0.5) is 19.1 Å². The van der Waals surface area contributed by atoms with Gasteiger partial charge in [-0.15, -0.1) is 0 Å². The molecule has 2 aromatic rings. The minimum Gasteiger partial charge on any atom is -0.474 e. The van der Waals surface area contributed by atoms with Crippen LogP contribution in [0.1, 0.15) is 69.8 Å². The van der Waals surface area contributed by atoms with E-state index < -0.39 is 18.6 Å². The van der Waals surface area contributed by atoms with E-state index in [0.29, 0.717) is 35.7 Å². The molecule has 1 aliphatic carbocycles. The monoisotopic (exact) mass is 523 g/mol. The lowest BCUT2D eigenvalue weighted by atomic mass is 9.83. The summed E-state index contributed by atoms with van der Waals surface area (Å²) in [5.41, 5.74) is 1.59. The van der Waals surface area contributed by atoms with Gasteiger partial charge in [0.15, 0.2) is 0 Å². The van der Waals surface area contributed by atoms with Gasteiger partial charge in [0.2, 0.25) is 11.8 Å². The fourth-order valence-electron chi connectivity index (χ4n) is 5.81. The maximum atomic E-state index is 12.9. The van der Waals surface area contributed by atoms with Gasteiger partial charge in [0.25, 0.3) is 0 Å². The number of aliphatic hydroxyl groups excluding tert-OH is 1. The van der Waals surface area contributed by atoms with Crippen LogP contribution in [0.25, 0.3) is 10.9 Å². The van der Waals surface area contributed by atoms with Gasteiger partial charge in [0.05, 0.1) is 30.0 Å². The molecule has 204 valence electrons. The maximum absolute atomic E-state index is 12.9. The van der Waals surface area contributed by atoms with Crippen LogP contribution < -0.4 is 10.1 Å². The first kappa shape index (κ1) is 26.4.